The highest BCUT2D eigenvalue weighted by Gasteiger charge is 2.59. The summed E-state index contributed by atoms with van der Waals surface area (Å²) >= 11 is 0. The molecule has 9 nitrogen and oxygen atoms in total. The van der Waals surface area contributed by atoms with Crippen LogP contribution in [0.25, 0.3) is 0 Å². The number of halogens is 6. The highest BCUT2D eigenvalue weighted by atomic mass is 19.4. The Kier molecular flexibility index (Phi) is 10.6. The maximum Gasteiger partial charge on any atom is 0.491 e. The summed E-state index contributed by atoms with van der Waals surface area (Å²) in [6, 6.07) is 11.0. The molecule has 6 rings (SSSR count). The number of alkyl halides is 6. The number of fused-ring (bicyclic) bond motifs is 2. The molecule has 2 fully saturated rings. The Balaban J connectivity index is 1.44. The quantitative estimate of drug-likeness (QED) is 0.123. The molecule has 3 aromatic rings. The Hall–Kier alpha value is -4.56. The lowest BCUT2D eigenvalue weighted by molar-refractivity contribution is -0.224. The summed E-state index contributed by atoms with van der Waals surface area (Å²) in [5.74, 6) is -4.54. The van der Waals surface area contributed by atoms with Crippen molar-refractivity contribution in [2.24, 2.45) is 5.92 Å². The van der Waals surface area contributed by atoms with Gasteiger partial charge >= 0.3 is 18.3 Å². The maximum absolute atomic E-state index is 14.6. The number of aryl methyl sites for hydroxylation is 2. The van der Waals surface area contributed by atoms with E-state index in [1.807, 2.05) is 30.3 Å². The first-order chi connectivity index (χ1) is 24.3. The van der Waals surface area contributed by atoms with Crippen LogP contribution in [0.2, 0.25) is 0 Å². The van der Waals surface area contributed by atoms with Crippen LogP contribution in [0, 0.1) is 5.92 Å². The van der Waals surface area contributed by atoms with E-state index < -0.39 is 60.1 Å². The molecule has 1 saturated carbocycles. The van der Waals surface area contributed by atoms with Gasteiger partial charge in [-0.05, 0) is 68.2 Å². The third-order valence-electron chi connectivity index (χ3n) is 9.99. The molecule has 0 spiro atoms. The van der Waals surface area contributed by atoms with Crippen molar-refractivity contribution in [3.05, 3.63) is 83.9 Å². The molecule has 274 valence electrons. The van der Waals surface area contributed by atoms with Crippen molar-refractivity contribution in [3.63, 3.8) is 0 Å². The molecule has 0 N–H and O–H groups in total. The van der Waals surface area contributed by atoms with Crippen molar-refractivity contribution in [1.29, 1.82) is 0 Å². The van der Waals surface area contributed by atoms with Gasteiger partial charge in [-0.15, -0.1) is 0 Å². The number of aromatic nitrogens is 2. The van der Waals surface area contributed by atoms with Gasteiger partial charge in [0, 0.05) is 32.0 Å². The van der Waals surface area contributed by atoms with Gasteiger partial charge in [-0.3, -0.25) is 9.59 Å². The normalized spacial score (nSPS) is 21.5. The van der Waals surface area contributed by atoms with Crippen LogP contribution in [0.3, 0.4) is 0 Å². The maximum atomic E-state index is 14.6. The summed E-state index contributed by atoms with van der Waals surface area (Å²) in [5.41, 5.74) is -0.321. The Labute approximate surface area is 291 Å². The fourth-order valence-corrected chi connectivity index (χ4v) is 7.61. The second kappa shape index (κ2) is 15.0. The number of anilines is 1. The van der Waals surface area contributed by atoms with Gasteiger partial charge in [0.1, 0.15) is 6.04 Å². The number of ether oxygens (including phenoxy) is 1. The van der Waals surface area contributed by atoms with E-state index in [2.05, 4.69) is 4.98 Å². The van der Waals surface area contributed by atoms with E-state index in [0.29, 0.717) is 45.1 Å². The molecule has 15 heteroatoms. The largest absolute Gasteiger partial charge is 0.491 e. The number of rotatable bonds is 11. The van der Waals surface area contributed by atoms with Crippen LogP contribution >= 0.6 is 0 Å². The highest BCUT2D eigenvalue weighted by molar-refractivity contribution is 6.05. The number of amides is 2. The molecule has 0 bridgehead atoms. The van der Waals surface area contributed by atoms with E-state index in [4.69, 9.17) is 4.74 Å². The summed E-state index contributed by atoms with van der Waals surface area (Å²) in [5, 5.41) is 0. The molecule has 3 aliphatic rings. The molecule has 1 saturated heterocycles. The van der Waals surface area contributed by atoms with Gasteiger partial charge in [-0.2, -0.15) is 26.3 Å². The molecule has 3 heterocycles. The molecular formula is C36H39F6N5O4. The molecule has 2 aliphatic heterocycles. The van der Waals surface area contributed by atoms with Gasteiger partial charge in [-0.1, -0.05) is 49.6 Å². The zero-order valence-electron chi connectivity index (χ0n) is 27.8. The Bertz CT molecular complexity index is 1680. The van der Waals surface area contributed by atoms with Crippen molar-refractivity contribution in [1.82, 2.24) is 19.4 Å². The zero-order chi connectivity index (χ0) is 36.3. The lowest BCUT2D eigenvalue weighted by Gasteiger charge is -2.57. The van der Waals surface area contributed by atoms with Gasteiger partial charge in [0.05, 0.1) is 23.1 Å². The van der Waals surface area contributed by atoms with Gasteiger partial charge in [0.25, 0.3) is 5.91 Å². The lowest BCUT2D eigenvalue weighted by atomic mass is 9.80. The zero-order valence-corrected chi connectivity index (χ0v) is 27.8. The van der Waals surface area contributed by atoms with Crippen molar-refractivity contribution < 1.29 is 45.5 Å². The number of piperazine rings is 1. The molecular weight excluding hydrogens is 680 g/mol. The number of imidazole rings is 1. The fraction of sp³-hybridized carbons (Fsp3) is 0.500. The Morgan fingerprint density at radius 1 is 0.863 bits per heavy atom. The summed E-state index contributed by atoms with van der Waals surface area (Å²) in [4.78, 5) is 49.5. The molecule has 1 aliphatic carbocycles. The monoisotopic (exact) mass is 719 g/mol. The number of hydrogen-bond acceptors (Lipinski definition) is 6. The van der Waals surface area contributed by atoms with Crippen molar-refractivity contribution in [2.75, 3.05) is 18.0 Å². The number of nitrogens with zero attached hydrogens (tertiary/aromatic N) is 5. The minimum absolute atomic E-state index is 0.0402. The van der Waals surface area contributed by atoms with E-state index >= 15 is 0 Å². The lowest BCUT2D eigenvalue weighted by Crippen LogP contribution is -2.76. The first kappa shape index (κ1) is 36.2. The number of benzene rings is 2. The average Bonchev–Trinajstić information content (AvgIpc) is 3.62. The van der Waals surface area contributed by atoms with Crippen LogP contribution in [0.1, 0.15) is 72.9 Å². The highest BCUT2D eigenvalue weighted by Crippen LogP contribution is 2.44. The molecule has 2 amide bonds. The number of esters is 1. The molecule has 51 heavy (non-hydrogen) atoms. The minimum atomic E-state index is -5.42. The van der Waals surface area contributed by atoms with E-state index in [-0.39, 0.29) is 24.3 Å². The third kappa shape index (κ3) is 7.86. The summed E-state index contributed by atoms with van der Waals surface area (Å²) < 4.78 is 90.4. The summed E-state index contributed by atoms with van der Waals surface area (Å²) in [6.45, 7) is 0.360. The van der Waals surface area contributed by atoms with Gasteiger partial charge < -0.3 is 24.0 Å². The third-order valence-corrected chi connectivity index (χ3v) is 9.99. The van der Waals surface area contributed by atoms with Crippen LogP contribution in [0.4, 0.5) is 32.0 Å². The first-order valence-corrected chi connectivity index (χ1v) is 17.2. The van der Waals surface area contributed by atoms with Crippen molar-refractivity contribution in [2.45, 2.75) is 95.1 Å². The standard InChI is InChI=1S/C36H39F6N5O4/c37-35(38,39)26-15-16-28-27(22-26)31(48)47-29(25-13-5-2-6-14-25)32(49)46(19-8-7-12-24-10-3-1-4-11-24)33(51-34(50)36(40,41)42)30(47)45(28)20-9-18-44-21-17-43-23-44/h1,3-4,10-11,15-17,21-23,25,29-30,33H,2,5-9,12-14,18-20H2/t29-,30?,33?/m0/s1. The van der Waals surface area contributed by atoms with E-state index in [1.165, 1.54) is 4.90 Å². The molecule has 2 aromatic carbocycles. The smallest absolute Gasteiger partial charge is 0.430 e. The van der Waals surface area contributed by atoms with Gasteiger partial charge in [-0.25, -0.2) is 9.78 Å². The minimum Gasteiger partial charge on any atom is -0.430 e. The average molecular weight is 720 g/mol. The number of hydrogen-bond donors (Lipinski definition) is 0. The van der Waals surface area contributed by atoms with E-state index in [9.17, 15) is 40.7 Å². The SMILES string of the molecule is O=C1[C@H](C2CCCCC2)N2C(=O)c3cc(C(F)(F)F)ccc3N(CCCn3ccnc3)C2C(OC(=O)C(F)(F)F)N1CCCCc1ccccc1. The Morgan fingerprint density at radius 2 is 1.59 bits per heavy atom. The predicted octanol–water partition coefficient (Wildman–Crippen LogP) is 6.83. The Morgan fingerprint density at radius 3 is 2.25 bits per heavy atom. The second-order valence-corrected chi connectivity index (χ2v) is 13.3. The van der Waals surface area contributed by atoms with Crippen LogP contribution < -0.4 is 4.90 Å². The number of carbonyl (C=O) groups is 3. The second-order valence-electron chi connectivity index (χ2n) is 13.3. The van der Waals surface area contributed by atoms with Gasteiger partial charge in [0.15, 0.2) is 6.17 Å². The molecule has 0 radical (unpaired) electrons. The van der Waals surface area contributed by atoms with E-state index in [1.54, 1.807) is 23.3 Å². The fourth-order valence-electron chi connectivity index (χ4n) is 7.61. The van der Waals surface area contributed by atoms with Crippen molar-refractivity contribution in [3.8, 4) is 0 Å². The van der Waals surface area contributed by atoms with E-state index in [0.717, 1.165) is 52.8 Å². The molecule has 2 unspecified atom stereocenters. The summed E-state index contributed by atoms with van der Waals surface area (Å²) in [7, 11) is 0. The van der Waals surface area contributed by atoms with Gasteiger partial charge in [0.2, 0.25) is 12.1 Å². The van der Waals surface area contributed by atoms with Crippen molar-refractivity contribution >= 4 is 23.5 Å². The topological polar surface area (TPSA) is 88.0 Å². The first-order valence-electron chi connectivity index (χ1n) is 17.2. The molecule has 1 aromatic heterocycles. The van der Waals surface area contributed by atoms with Crippen LogP contribution in [-0.2, 0) is 33.5 Å². The number of carbonyl (C=O) groups excluding carboxylic acids is 3. The predicted molar refractivity (Wildman–Crippen MR) is 173 cm³/mol. The summed E-state index contributed by atoms with van der Waals surface area (Å²) in [6.07, 6.45) is -3.36. The van der Waals surface area contributed by atoms with Crippen LogP contribution in [0.15, 0.2) is 67.3 Å². The molecule has 3 atom stereocenters. The van der Waals surface area contributed by atoms with Crippen LogP contribution in [-0.4, -0.2) is 74.8 Å². The van der Waals surface area contributed by atoms with Crippen LogP contribution in [0.5, 0.6) is 0 Å². The number of unbranched alkanes of at least 4 members (excludes halogenated alkanes) is 1.